The maximum atomic E-state index is 12.4. The molecule has 0 saturated heterocycles. The van der Waals surface area contributed by atoms with Crippen molar-refractivity contribution in [3.05, 3.63) is 28.0 Å². The molecule has 3 nitrogen and oxygen atoms in total. The molecule has 0 radical (unpaired) electrons. The first-order valence-corrected chi connectivity index (χ1v) is 7.43. The first-order chi connectivity index (χ1) is 9.09. The smallest absolute Gasteiger partial charge is 0.255 e. The molecular weight excluding hydrogens is 283 g/mol. The lowest BCUT2D eigenvalue weighted by molar-refractivity contribution is 0.0717. The Morgan fingerprint density at radius 1 is 1.26 bits per heavy atom. The highest BCUT2D eigenvalue weighted by molar-refractivity contribution is 6.41. The summed E-state index contributed by atoms with van der Waals surface area (Å²) >= 11 is 11.7. The van der Waals surface area contributed by atoms with E-state index in [0.717, 1.165) is 12.8 Å². The van der Waals surface area contributed by atoms with Gasteiger partial charge in [-0.25, -0.2) is 4.98 Å². The zero-order valence-corrected chi connectivity index (χ0v) is 12.5. The summed E-state index contributed by atoms with van der Waals surface area (Å²) in [7, 11) is 1.86. The van der Waals surface area contributed by atoms with Crippen LogP contribution in [-0.4, -0.2) is 28.9 Å². The average molecular weight is 301 g/mol. The van der Waals surface area contributed by atoms with Crippen LogP contribution in [0.15, 0.2) is 12.3 Å². The summed E-state index contributed by atoms with van der Waals surface area (Å²) in [6.45, 7) is 0. The molecule has 0 aliphatic heterocycles. The quantitative estimate of drug-likeness (QED) is 0.606. The number of halogens is 2. The summed E-state index contributed by atoms with van der Waals surface area (Å²) in [6.07, 6.45) is 8.58. The summed E-state index contributed by atoms with van der Waals surface area (Å²) < 4.78 is 0. The van der Waals surface area contributed by atoms with Crippen molar-refractivity contribution in [2.24, 2.45) is 0 Å². The van der Waals surface area contributed by atoms with Crippen LogP contribution in [0.5, 0.6) is 0 Å². The van der Waals surface area contributed by atoms with Crippen molar-refractivity contribution in [1.82, 2.24) is 9.88 Å². The van der Waals surface area contributed by atoms with Crippen LogP contribution in [0.4, 0.5) is 0 Å². The van der Waals surface area contributed by atoms with E-state index in [0.29, 0.717) is 16.6 Å². The van der Waals surface area contributed by atoms with Crippen molar-refractivity contribution in [2.45, 2.75) is 44.6 Å². The van der Waals surface area contributed by atoms with Crippen molar-refractivity contribution in [3.8, 4) is 0 Å². The predicted molar refractivity (Wildman–Crippen MR) is 77.8 cm³/mol. The molecule has 2 rings (SSSR count). The van der Waals surface area contributed by atoms with Gasteiger partial charge in [-0.1, -0.05) is 48.9 Å². The summed E-state index contributed by atoms with van der Waals surface area (Å²) in [4.78, 5) is 18.2. The normalized spacial score (nSPS) is 17.0. The van der Waals surface area contributed by atoms with Crippen LogP contribution in [-0.2, 0) is 0 Å². The zero-order chi connectivity index (χ0) is 13.8. The Bertz CT molecular complexity index is 457. The van der Waals surface area contributed by atoms with E-state index in [-0.39, 0.29) is 11.1 Å². The maximum Gasteiger partial charge on any atom is 0.255 e. The van der Waals surface area contributed by atoms with E-state index in [2.05, 4.69) is 4.98 Å². The first-order valence-electron chi connectivity index (χ1n) is 6.68. The number of nitrogens with zero attached hydrogens (tertiary/aromatic N) is 2. The van der Waals surface area contributed by atoms with Crippen LogP contribution in [0.1, 0.15) is 48.9 Å². The highest BCUT2D eigenvalue weighted by Crippen LogP contribution is 2.24. The van der Waals surface area contributed by atoms with E-state index in [4.69, 9.17) is 23.2 Å². The Hall–Kier alpha value is -0.800. The van der Waals surface area contributed by atoms with Crippen molar-refractivity contribution in [1.29, 1.82) is 0 Å². The molecule has 0 unspecified atom stereocenters. The molecule has 1 aromatic heterocycles. The molecule has 0 aromatic carbocycles. The minimum absolute atomic E-state index is 0.0297. The van der Waals surface area contributed by atoms with Gasteiger partial charge in [0.1, 0.15) is 5.15 Å². The third kappa shape index (κ3) is 3.61. The van der Waals surface area contributed by atoms with E-state index in [1.165, 1.54) is 31.9 Å². The van der Waals surface area contributed by atoms with Gasteiger partial charge in [0.25, 0.3) is 5.91 Å². The van der Waals surface area contributed by atoms with Gasteiger partial charge in [-0.3, -0.25) is 4.79 Å². The molecule has 0 spiro atoms. The average Bonchev–Trinajstić information content (AvgIpc) is 2.69. The lowest BCUT2D eigenvalue weighted by Crippen LogP contribution is -2.36. The number of hydrogen-bond donors (Lipinski definition) is 0. The van der Waals surface area contributed by atoms with E-state index in [1.807, 2.05) is 11.9 Å². The van der Waals surface area contributed by atoms with Crippen molar-refractivity contribution < 1.29 is 4.79 Å². The minimum atomic E-state index is -0.0297. The molecule has 1 saturated carbocycles. The Morgan fingerprint density at radius 3 is 2.47 bits per heavy atom. The molecule has 1 aliphatic carbocycles. The van der Waals surface area contributed by atoms with Gasteiger partial charge < -0.3 is 4.90 Å². The number of carbonyl (C=O) groups is 1. The fourth-order valence-corrected chi connectivity index (χ4v) is 2.82. The molecule has 1 aliphatic rings. The van der Waals surface area contributed by atoms with Crippen molar-refractivity contribution >= 4 is 29.1 Å². The molecule has 104 valence electrons. The topological polar surface area (TPSA) is 33.2 Å². The van der Waals surface area contributed by atoms with Gasteiger partial charge >= 0.3 is 0 Å². The second kappa shape index (κ2) is 6.58. The van der Waals surface area contributed by atoms with E-state index >= 15 is 0 Å². The number of hydrogen-bond acceptors (Lipinski definition) is 2. The molecule has 19 heavy (non-hydrogen) atoms. The van der Waals surface area contributed by atoms with Crippen LogP contribution in [0.2, 0.25) is 10.2 Å². The molecule has 0 atom stereocenters. The fourth-order valence-electron chi connectivity index (χ4n) is 2.55. The van der Waals surface area contributed by atoms with E-state index in [1.54, 1.807) is 6.07 Å². The van der Waals surface area contributed by atoms with Crippen LogP contribution in [0, 0.1) is 0 Å². The van der Waals surface area contributed by atoms with Gasteiger partial charge in [-0.2, -0.15) is 0 Å². The van der Waals surface area contributed by atoms with Crippen molar-refractivity contribution in [2.75, 3.05) is 7.05 Å². The number of carbonyl (C=O) groups excluding carboxylic acids is 1. The zero-order valence-electron chi connectivity index (χ0n) is 11.0. The second-order valence-electron chi connectivity index (χ2n) is 5.06. The summed E-state index contributed by atoms with van der Waals surface area (Å²) in [6, 6.07) is 1.91. The largest absolute Gasteiger partial charge is 0.339 e. The van der Waals surface area contributed by atoms with Gasteiger partial charge in [-0.05, 0) is 18.9 Å². The number of amides is 1. The molecule has 1 fully saturated rings. The van der Waals surface area contributed by atoms with Crippen LogP contribution in [0.25, 0.3) is 0 Å². The maximum absolute atomic E-state index is 12.4. The van der Waals surface area contributed by atoms with Gasteiger partial charge in [-0.15, -0.1) is 0 Å². The highest BCUT2D eigenvalue weighted by atomic mass is 35.5. The number of aromatic nitrogens is 1. The lowest BCUT2D eigenvalue weighted by Gasteiger charge is -2.27. The molecule has 5 heteroatoms. The standard InChI is InChI=1S/C14H18Cl2N2O/c1-18(11-6-4-2-3-5-7-11)14(19)10-8-12(15)13(16)17-9-10/h8-9,11H,2-7H2,1H3. The minimum Gasteiger partial charge on any atom is -0.339 e. The van der Waals surface area contributed by atoms with E-state index < -0.39 is 0 Å². The molecule has 1 heterocycles. The Labute approximate surface area is 123 Å². The monoisotopic (exact) mass is 300 g/mol. The first kappa shape index (κ1) is 14.6. The molecule has 1 aromatic rings. The fraction of sp³-hybridized carbons (Fsp3) is 0.571. The van der Waals surface area contributed by atoms with Gasteiger partial charge in [0.05, 0.1) is 10.6 Å². The molecule has 0 bridgehead atoms. The number of pyridine rings is 1. The van der Waals surface area contributed by atoms with E-state index in [9.17, 15) is 4.79 Å². The SMILES string of the molecule is CN(C(=O)c1cnc(Cl)c(Cl)c1)C1CCCCCC1. The van der Waals surface area contributed by atoms with Crippen molar-refractivity contribution in [3.63, 3.8) is 0 Å². The Kier molecular flexibility index (Phi) is 5.06. The molecular formula is C14H18Cl2N2O. The lowest BCUT2D eigenvalue weighted by atomic mass is 10.1. The molecule has 1 amide bonds. The number of rotatable bonds is 2. The third-order valence-corrected chi connectivity index (χ3v) is 4.42. The summed E-state index contributed by atoms with van der Waals surface area (Å²) in [5.74, 6) is -0.0297. The van der Waals surface area contributed by atoms with Crippen LogP contribution in [0.3, 0.4) is 0 Å². The third-order valence-electron chi connectivity index (χ3n) is 3.74. The van der Waals surface area contributed by atoms with Gasteiger partial charge in [0.15, 0.2) is 0 Å². The highest BCUT2D eigenvalue weighted by Gasteiger charge is 2.22. The predicted octanol–water partition coefficient (Wildman–Crippen LogP) is 4.18. The summed E-state index contributed by atoms with van der Waals surface area (Å²) in [5, 5.41) is 0.553. The van der Waals surface area contributed by atoms with Gasteiger partial charge in [0, 0.05) is 19.3 Å². The van der Waals surface area contributed by atoms with Crippen LogP contribution < -0.4 is 0 Å². The summed E-state index contributed by atoms with van der Waals surface area (Å²) in [5.41, 5.74) is 0.501. The molecule has 0 N–H and O–H groups in total. The Morgan fingerprint density at radius 2 is 1.89 bits per heavy atom. The van der Waals surface area contributed by atoms with Gasteiger partial charge in [0.2, 0.25) is 0 Å². The Balaban J connectivity index is 2.10. The van der Waals surface area contributed by atoms with Crippen LogP contribution >= 0.6 is 23.2 Å². The second-order valence-corrected chi connectivity index (χ2v) is 5.82.